The summed E-state index contributed by atoms with van der Waals surface area (Å²) >= 11 is 0. The third-order valence-corrected chi connectivity index (χ3v) is 4.88. The maximum atomic E-state index is 12.5. The standard InChI is InChI=1S/C19H15N7O2/c1-10-18-12(11-2-3-13-14(8-11)21-7-6-20-13)9-17(28)22-19(18)26(25-10)15-4-5-16(27)24-23-15/h2-8,12H,9H2,1H3,(H,22,28)(H,24,27)/t12-/m0/s1. The molecule has 9 heteroatoms. The van der Waals surface area contributed by atoms with Crippen molar-refractivity contribution in [2.75, 3.05) is 5.32 Å². The monoisotopic (exact) mass is 373 g/mol. The highest BCUT2D eigenvalue weighted by atomic mass is 16.2. The Morgan fingerprint density at radius 1 is 1.07 bits per heavy atom. The van der Waals surface area contributed by atoms with Crippen LogP contribution >= 0.6 is 0 Å². The third kappa shape index (κ3) is 2.56. The van der Waals surface area contributed by atoms with Crippen molar-refractivity contribution in [3.05, 3.63) is 69.9 Å². The molecule has 0 aliphatic carbocycles. The lowest BCUT2D eigenvalue weighted by Crippen LogP contribution is -2.25. The number of amides is 1. The van der Waals surface area contributed by atoms with Crippen LogP contribution in [0.25, 0.3) is 16.9 Å². The van der Waals surface area contributed by atoms with E-state index >= 15 is 0 Å². The molecule has 28 heavy (non-hydrogen) atoms. The average Bonchev–Trinajstić information content (AvgIpc) is 3.04. The average molecular weight is 373 g/mol. The van der Waals surface area contributed by atoms with Crippen LogP contribution in [0.2, 0.25) is 0 Å². The first-order valence-corrected chi connectivity index (χ1v) is 8.76. The van der Waals surface area contributed by atoms with Crippen LogP contribution in [0.15, 0.2) is 47.5 Å². The minimum atomic E-state index is -0.305. The van der Waals surface area contributed by atoms with Gasteiger partial charge in [0, 0.05) is 36.4 Å². The molecule has 3 aromatic heterocycles. The molecule has 0 saturated carbocycles. The predicted octanol–water partition coefficient (Wildman–Crippen LogP) is 1.68. The zero-order valence-corrected chi connectivity index (χ0v) is 14.9. The Bertz CT molecular complexity index is 1270. The summed E-state index contributed by atoms with van der Waals surface area (Å²) in [4.78, 5) is 32.4. The lowest BCUT2D eigenvalue weighted by Gasteiger charge is -2.24. The van der Waals surface area contributed by atoms with Gasteiger partial charge in [0.2, 0.25) is 5.91 Å². The van der Waals surface area contributed by atoms with Crippen LogP contribution in [0.1, 0.15) is 29.2 Å². The second-order valence-electron chi connectivity index (χ2n) is 6.65. The molecule has 4 heterocycles. The number of fused-ring (bicyclic) bond motifs is 2. The Morgan fingerprint density at radius 2 is 1.89 bits per heavy atom. The number of hydrogen-bond donors (Lipinski definition) is 2. The number of benzene rings is 1. The second kappa shape index (κ2) is 6.08. The number of hydrogen-bond acceptors (Lipinski definition) is 6. The second-order valence-corrected chi connectivity index (χ2v) is 6.65. The highest BCUT2D eigenvalue weighted by molar-refractivity contribution is 5.95. The van der Waals surface area contributed by atoms with Crippen LogP contribution in [0.5, 0.6) is 0 Å². The van der Waals surface area contributed by atoms with Crippen molar-refractivity contribution in [2.45, 2.75) is 19.3 Å². The number of carbonyl (C=O) groups is 1. The molecule has 1 amide bonds. The summed E-state index contributed by atoms with van der Waals surface area (Å²) in [5.74, 6) is 0.723. The SMILES string of the molecule is Cc1nn(-c2ccc(=O)[nH]n2)c2c1[C@H](c1ccc3nccnc3c1)CC(=O)N2. The predicted molar refractivity (Wildman–Crippen MR) is 101 cm³/mol. The van der Waals surface area contributed by atoms with E-state index < -0.39 is 0 Å². The van der Waals surface area contributed by atoms with Gasteiger partial charge >= 0.3 is 0 Å². The number of aromatic amines is 1. The molecule has 5 rings (SSSR count). The summed E-state index contributed by atoms with van der Waals surface area (Å²) in [5, 5.41) is 13.9. The molecule has 4 aromatic rings. The molecule has 2 N–H and O–H groups in total. The lowest BCUT2D eigenvalue weighted by atomic mass is 9.85. The first-order valence-electron chi connectivity index (χ1n) is 8.76. The van der Waals surface area contributed by atoms with Gasteiger partial charge in [0.05, 0.1) is 16.7 Å². The molecule has 1 atom stereocenters. The molecule has 0 unspecified atom stereocenters. The van der Waals surface area contributed by atoms with E-state index in [9.17, 15) is 9.59 Å². The van der Waals surface area contributed by atoms with Crippen LogP contribution in [0.4, 0.5) is 5.82 Å². The van der Waals surface area contributed by atoms with Crippen molar-refractivity contribution in [1.82, 2.24) is 29.9 Å². The zero-order chi connectivity index (χ0) is 19.3. The van der Waals surface area contributed by atoms with E-state index in [1.165, 1.54) is 6.07 Å². The summed E-state index contributed by atoms with van der Waals surface area (Å²) in [7, 11) is 0. The van der Waals surface area contributed by atoms with Gasteiger partial charge in [-0.2, -0.15) is 14.9 Å². The number of rotatable bonds is 2. The molecular formula is C19H15N7O2. The molecule has 0 fully saturated rings. The smallest absolute Gasteiger partial charge is 0.264 e. The summed E-state index contributed by atoms with van der Waals surface area (Å²) in [6.07, 6.45) is 3.61. The first-order chi connectivity index (χ1) is 13.6. The third-order valence-electron chi connectivity index (χ3n) is 4.88. The molecule has 1 aliphatic rings. The van der Waals surface area contributed by atoms with Gasteiger partial charge in [0.1, 0.15) is 5.82 Å². The van der Waals surface area contributed by atoms with Crippen molar-refractivity contribution >= 4 is 22.8 Å². The van der Waals surface area contributed by atoms with Gasteiger partial charge in [-0.3, -0.25) is 19.6 Å². The Hall–Kier alpha value is -3.88. The van der Waals surface area contributed by atoms with E-state index in [1.54, 1.807) is 23.1 Å². The quantitative estimate of drug-likeness (QED) is 0.552. The van der Waals surface area contributed by atoms with Gasteiger partial charge < -0.3 is 5.32 Å². The number of nitrogens with one attached hydrogen (secondary N) is 2. The molecular weight excluding hydrogens is 358 g/mol. The van der Waals surface area contributed by atoms with E-state index in [4.69, 9.17) is 0 Å². The number of nitrogens with zero attached hydrogens (tertiary/aromatic N) is 5. The lowest BCUT2D eigenvalue weighted by molar-refractivity contribution is -0.116. The van der Waals surface area contributed by atoms with Gasteiger partial charge in [0.25, 0.3) is 5.56 Å². The fraction of sp³-hybridized carbons (Fsp3) is 0.158. The molecule has 1 aromatic carbocycles. The Morgan fingerprint density at radius 3 is 2.68 bits per heavy atom. The largest absolute Gasteiger partial charge is 0.310 e. The van der Waals surface area contributed by atoms with Gasteiger partial charge in [-0.15, -0.1) is 0 Å². The molecule has 138 valence electrons. The molecule has 0 bridgehead atoms. The van der Waals surface area contributed by atoms with Crippen molar-refractivity contribution in [3.63, 3.8) is 0 Å². The molecule has 0 saturated heterocycles. The van der Waals surface area contributed by atoms with Crippen LogP contribution in [0.3, 0.4) is 0 Å². The minimum Gasteiger partial charge on any atom is -0.310 e. The fourth-order valence-corrected chi connectivity index (χ4v) is 3.65. The maximum absolute atomic E-state index is 12.5. The number of anilines is 1. The fourth-order valence-electron chi connectivity index (χ4n) is 3.65. The van der Waals surface area contributed by atoms with Gasteiger partial charge in [-0.1, -0.05) is 6.07 Å². The molecule has 0 radical (unpaired) electrons. The number of H-pyrrole nitrogens is 1. The maximum Gasteiger partial charge on any atom is 0.264 e. The molecule has 1 aliphatic heterocycles. The summed E-state index contributed by atoms with van der Waals surface area (Å²) in [5.41, 5.74) is 3.96. The topological polar surface area (TPSA) is 118 Å². The summed E-state index contributed by atoms with van der Waals surface area (Å²) < 4.78 is 1.55. The number of carbonyl (C=O) groups excluding carboxylic acids is 1. The highest BCUT2D eigenvalue weighted by Crippen LogP contribution is 2.40. The Labute approximate surface area is 158 Å². The van der Waals surface area contributed by atoms with Crippen molar-refractivity contribution < 1.29 is 4.79 Å². The van der Waals surface area contributed by atoms with Crippen molar-refractivity contribution in [2.24, 2.45) is 0 Å². The van der Waals surface area contributed by atoms with E-state index in [2.05, 4.69) is 30.6 Å². The zero-order valence-electron chi connectivity index (χ0n) is 14.9. The van der Waals surface area contributed by atoms with E-state index in [1.807, 2.05) is 25.1 Å². The Balaban J connectivity index is 1.67. The minimum absolute atomic E-state index is 0.109. The van der Waals surface area contributed by atoms with Gasteiger partial charge in [-0.05, 0) is 30.7 Å². The highest BCUT2D eigenvalue weighted by Gasteiger charge is 2.33. The first kappa shape index (κ1) is 16.3. The summed E-state index contributed by atoms with van der Waals surface area (Å²) in [6, 6.07) is 8.78. The number of aromatic nitrogens is 6. The van der Waals surface area contributed by atoms with Gasteiger partial charge in [-0.25, -0.2) is 5.10 Å². The number of aryl methyl sites for hydroxylation is 1. The van der Waals surface area contributed by atoms with Crippen LogP contribution in [0, 0.1) is 6.92 Å². The van der Waals surface area contributed by atoms with E-state index in [0.29, 0.717) is 18.1 Å². The van der Waals surface area contributed by atoms with E-state index in [-0.39, 0.29) is 17.4 Å². The summed E-state index contributed by atoms with van der Waals surface area (Å²) in [6.45, 7) is 1.90. The van der Waals surface area contributed by atoms with Crippen molar-refractivity contribution in [3.8, 4) is 5.82 Å². The van der Waals surface area contributed by atoms with Crippen LogP contribution in [-0.2, 0) is 4.79 Å². The molecule has 0 spiro atoms. The van der Waals surface area contributed by atoms with Crippen LogP contribution in [-0.4, -0.2) is 35.9 Å². The van der Waals surface area contributed by atoms with Gasteiger partial charge in [0.15, 0.2) is 5.82 Å². The van der Waals surface area contributed by atoms with E-state index in [0.717, 1.165) is 27.9 Å². The normalized spacial score (nSPS) is 16.0. The molecule has 9 nitrogen and oxygen atoms in total. The Kier molecular flexibility index (Phi) is 3.54. The van der Waals surface area contributed by atoms with Crippen LogP contribution < -0.4 is 10.9 Å². The van der Waals surface area contributed by atoms with Crippen molar-refractivity contribution in [1.29, 1.82) is 0 Å².